The van der Waals surface area contributed by atoms with Gasteiger partial charge in [0.25, 0.3) is 5.78 Å². The van der Waals surface area contributed by atoms with E-state index in [1.54, 1.807) is 4.52 Å². The summed E-state index contributed by atoms with van der Waals surface area (Å²) in [5.74, 6) is 1.72. The smallest absolute Gasteiger partial charge is 0.253 e. The van der Waals surface area contributed by atoms with Gasteiger partial charge in [-0.25, -0.2) is 9.50 Å². The maximum atomic E-state index is 11.8. The molecule has 0 spiro atoms. The number of ketones is 1. The molecule has 4 aromatic rings. The van der Waals surface area contributed by atoms with Gasteiger partial charge in [-0.05, 0) is 43.7 Å². The van der Waals surface area contributed by atoms with Crippen molar-refractivity contribution in [1.29, 1.82) is 0 Å². The van der Waals surface area contributed by atoms with Gasteiger partial charge in [-0.2, -0.15) is 4.98 Å². The molecule has 4 rings (SSSR count). The first-order valence-electron chi connectivity index (χ1n) is 8.38. The topological polar surface area (TPSA) is 69.4 Å². The Kier molecular flexibility index (Phi) is 3.88. The Hall–Kier alpha value is -3.28. The fraction of sp³-hybridized carbons (Fsp3) is 0.200. The molecule has 26 heavy (non-hydrogen) atoms. The van der Waals surface area contributed by atoms with Crippen LogP contribution in [0.15, 0.2) is 42.5 Å². The van der Waals surface area contributed by atoms with Crippen molar-refractivity contribution in [2.45, 2.75) is 27.4 Å². The SMILES string of the molecule is CC(=O)c1c(C)nc2nc(COc3ccc4ccccc4c3)nn2c1C. The summed E-state index contributed by atoms with van der Waals surface area (Å²) < 4.78 is 7.44. The summed E-state index contributed by atoms with van der Waals surface area (Å²) in [5, 5.41) is 6.72. The van der Waals surface area contributed by atoms with Crippen molar-refractivity contribution in [3.63, 3.8) is 0 Å². The molecule has 0 fully saturated rings. The lowest BCUT2D eigenvalue weighted by Gasteiger charge is -2.06. The Balaban J connectivity index is 1.62. The zero-order valence-electron chi connectivity index (χ0n) is 14.9. The Bertz CT molecular complexity index is 1150. The second-order valence-corrected chi connectivity index (χ2v) is 6.25. The number of ether oxygens (including phenoxy) is 1. The first-order valence-corrected chi connectivity index (χ1v) is 8.38. The summed E-state index contributed by atoms with van der Waals surface area (Å²) in [5.41, 5.74) is 1.99. The summed E-state index contributed by atoms with van der Waals surface area (Å²) in [6.07, 6.45) is 0. The molecular weight excluding hydrogens is 328 g/mol. The monoisotopic (exact) mass is 346 g/mol. The van der Waals surface area contributed by atoms with Gasteiger partial charge in [-0.3, -0.25) is 4.79 Å². The standard InChI is InChI=1S/C20H18N4O2/c1-12-19(14(3)25)13(2)24-20(21-12)22-18(23-24)11-26-17-9-8-15-6-4-5-7-16(15)10-17/h4-10H,11H2,1-3H3. The lowest BCUT2D eigenvalue weighted by molar-refractivity contribution is 0.101. The number of carbonyl (C=O) groups excluding carboxylic acids is 1. The highest BCUT2D eigenvalue weighted by molar-refractivity contribution is 5.96. The molecule has 0 amide bonds. The molecule has 2 heterocycles. The maximum absolute atomic E-state index is 11.8. The Labute approximate surface area is 150 Å². The van der Waals surface area contributed by atoms with E-state index < -0.39 is 0 Å². The van der Waals surface area contributed by atoms with E-state index in [9.17, 15) is 4.79 Å². The van der Waals surface area contributed by atoms with Crippen molar-refractivity contribution in [2.75, 3.05) is 0 Å². The predicted octanol–water partition coefficient (Wildman–Crippen LogP) is 3.68. The molecule has 2 aromatic heterocycles. The van der Waals surface area contributed by atoms with Crippen molar-refractivity contribution in [3.05, 3.63) is 65.2 Å². The minimum Gasteiger partial charge on any atom is -0.486 e. The summed E-state index contributed by atoms with van der Waals surface area (Å²) >= 11 is 0. The highest BCUT2D eigenvalue weighted by Crippen LogP contribution is 2.21. The molecule has 0 radical (unpaired) electrons. The number of Topliss-reactive ketones (excluding diaryl/α,β-unsaturated/α-hetero) is 1. The molecule has 2 aromatic carbocycles. The van der Waals surface area contributed by atoms with Crippen molar-refractivity contribution in [3.8, 4) is 5.75 Å². The van der Waals surface area contributed by atoms with Crippen LogP contribution >= 0.6 is 0 Å². The number of hydrogen-bond donors (Lipinski definition) is 0. The molecule has 0 aliphatic rings. The van der Waals surface area contributed by atoms with Gasteiger partial charge in [0.15, 0.2) is 11.6 Å². The van der Waals surface area contributed by atoms with Crippen LogP contribution < -0.4 is 4.74 Å². The van der Waals surface area contributed by atoms with E-state index in [-0.39, 0.29) is 12.4 Å². The fourth-order valence-electron chi connectivity index (χ4n) is 3.19. The van der Waals surface area contributed by atoms with Crippen LogP contribution in [0.2, 0.25) is 0 Å². The van der Waals surface area contributed by atoms with Crippen LogP contribution in [0.5, 0.6) is 5.75 Å². The van der Waals surface area contributed by atoms with E-state index in [0.717, 1.165) is 22.2 Å². The predicted molar refractivity (Wildman–Crippen MR) is 98.5 cm³/mol. The Morgan fingerprint density at radius 3 is 2.62 bits per heavy atom. The second-order valence-electron chi connectivity index (χ2n) is 6.25. The molecule has 0 N–H and O–H groups in total. The van der Waals surface area contributed by atoms with E-state index in [1.165, 1.54) is 6.92 Å². The van der Waals surface area contributed by atoms with Gasteiger partial charge in [0.05, 0.1) is 17.0 Å². The van der Waals surface area contributed by atoms with E-state index >= 15 is 0 Å². The summed E-state index contributed by atoms with van der Waals surface area (Å²) in [4.78, 5) is 20.6. The molecule has 0 atom stereocenters. The average Bonchev–Trinajstić information content (AvgIpc) is 3.02. The quantitative estimate of drug-likeness (QED) is 0.527. The molecule has 0 bridgehead atoms. The van der Waals surface area contributed by atoms with Crippen LogP contribution in [0.1, 0.15) is 34.5 Å². The minimum atomic E-state index is -0.0288. The first kappa shape index (κ1) is 16.2. The summed E-state index contributed by atoms with van der Waals surface area (Å²) in [7, 11) is 0. The third-order valence-corrected chi connectivity index (χ3v) is 4.38. The molecule has 130 valence electrons. The average molecular weight is 346 g/mol. The zero-order chi connectivity index (χ0) is 18.3. The van der Waals surface area contributed by atoms with Gasteiger partial charge in [-0.15, -0.1) is 5.10 Å². The van der Waals surface area contributed by atoms with Crippen molar-refractivity contribution in [2.24, 2.45) is 0 Å². The van der Waals surface area contributed by atoms with Crippen LogP contribution in [0.4, 0.5) is 0 Å². The summed E-state index contributed by atoms with van der Waals surface area (Å²) in [6.45, 7) is 5.42. The highest BCUT2D eigenvalue weighted by Gasteiger charge is 2.16. The van der Waals surface area contributed by atoms with Crippen molar-refractivity contribution in [1.82, 2.24) is 19.6 Å². The van der Waals surface area contributed by atoms with Crippen molar-refractivity contribution < 1.29 is 9.53 Å². The van der Waals surface area contributed by atoms with Gasteiger partial charge in [0, 0.05) is 0 Å². The molecular formula is C20H18N4O2. The van der Waals surface area contributed by atoms with Gasteiger partial charge < -0.3 is 4.74 Å². The van der Waals surface area contributed by atoms with Gasteiger partial charge in [-0.1, -0.05) is 30.3 Å². The molecule has 0 aliphatic carbocycles. The molecule has 0 unspecified atom stereocenters. The van der Waals surface area contributed by atoms with E-state index in [4.69, 9.17) is 4.74 Å². The minimum absolute atomic E-state index is 0.0288. The number of carbonyl (C=O) groups is 1. The number of aromatic nitrogens is 4. The van der Waals surface area contributed by atoms with E-state index in [1.807, 2.05) is 50.2 Å². The van der Waals surface area contributed by atoms with Crippen LogP contribution in [0.25, 0.3) is 16.6 Å². The lowest BCUT2D eigenvalue weighted by Crippen LogP contribution is -2.09. The van der Waals surface area contributed by atoms with Crippen molar-refractivity contribution >= 4 is 22.3 Å². The van der Waals surface area contributed by atoms with Crippen LogP contribution in [0, 0.1) is 13.8 Å². The largest absolute Gasteiger partial charge is 0.486 e. The second kappa shape index (κ2) is 6.22. The van der Waals surface area contributed by atoms with Gasteiger partial charge in [0.2, 0.25) is 0 Å². The third kappa shape index (κ3) is 2.79. The number of nitrogens with zero attached hydrogens (tertiary/aromatic N) is 4. The Morgan fingerprint density at radius 1 is 1.08 bits per heavy atom. The van der Waals surface area contributed by atoms with Crippen LogP contribution in [0.3, 0.4) is 0 Å². The summed E-state index contributed by atoms with van der Waals surface area (Å²) in [6, 6.07) is 14.1. The number of fused-ring (bicyclic) bond motifs is 2. The van der Waals surface area contributed by atoms with E-state index in [2.05, 4.69) is 21.1 Å². The number of rotatable bonds is 4. The Morgan fingerprint density at radius 2 is 1.85 bits per heavy atom. The van der Waals surface area contributed by atoms with Crippen LogP contribution in [-0.2, 0) is 6.61 Å². The van der Waals surface area contributed by atoms with Gasteiger partial charge in [0.1, 0.15) is 12.4 Å². The molecule has 6 heteroatoms. The molecule has 6 nitrogen and oxygen atoms in total. The third-order valence-electron chi connectivity index (χ3n) is 4.38. The lowest BCUT2D eigenvalue weighted by atomic mass is 10.1. The van der Waals surface area contributed by atoms with E-state index in [0.29, 0.717) is 22.9 Å². The number of aryl methyl sites for hydroxylation is 2. The number of hydrogen-bond acceptors (Lipinski definition) is 5. The molecule has 0 saturated carbocycles. The van der Waals surface area contributed by atoms with Crippen LogP contribution in [-0.4, -0.2) is 25.4 Å². The van der Waals surface area contributed by atoms with Gasteiger partial charge >= 0.3 is 0 Å². The number of benzene rings is 2. The zero-order valence-corrected chi connectivity index (χ0v) is 14.9. The highest BCUT2D eigenvalue weighted by atomic mass is 16.5. The molecule has 0 aliphatic heterocycles. The first-order chi connectivity index (χ1) is 12.5. The fourth-order valence-corrected chi connectivity index (χ4v) is 3.19. The maximum Gasteiger partial charge on any atom is 0.253 e. The normalized spacial score (nSPS) is 11.2. The molecule has 0 saturated heterocycles.